The molecule has 0 unspecified atom stereocenters. The van der Waals surface area contributed by atoms with Gasteiger partial charge in [-0.3, -0.25) is 0 Å². The van der Waals surface area contributed by atoms with E-state index in [0.29, 0.717) is 16.6 Å². The molecule has 0 atom stereocenters. The third-order valence-corrected chi connectivity index (χ3v) is 6.79. The summed E-state index contributed by atoms with van der Waals surface area (Å²) in [6.07, 6.45) is 1.82. The lowest BCUT2D eigenvalue weighted by atomic mass is 9.88. The third kappa shape index (κ3) is 2.89. The highest BCUT2D eigenvalue weighted by molar-refractivity contribution is 7.90. The summed E-state index contributed by atoms with van der Waals surface area (Å²) in [5, 5.41) is 0.438. The van der Waals surface area contributed by atoms with Crippen molar-refractivity contribution in [2.45, 2.75) is 17.7 Å². The standard InChI is InChI=1S/C21H18N2O6S/c1-28-20(24)15-10-11-16-17(18(15)21(25)29-2)14-9-6-12-22-19(14)23(16)30(26,27)13-7-4-3-5-8-13/h3-9,12H,10-11H2,1-2H3. The number of pyridine rings is 1. The molecule has 0 aliphatic heterocycles. The molecule has 1 aliphatic carbocycles. The average Bonchev–Trinajstić information content (AvgIpc) is 3.13. The van der Waals surface area contributed by atoms with Crippen LogP contribution in [0.2, 0.25) is 0 Å². The van der Waals surface area contributed by atoms with Crippen LogP contribution in [0, 0.1) is 0 Å². The summed E-state index contributed by atoms with van der Waals surface area (Å²) in [6, 6.07) is 11.3. The first kappa shape index (κ1) is 19.8. The maximum atomic E-state index is 13.5. The van der Waals surface area contributed by atoms with Crippen LogP contribution in [-0.4, -0.2) is 43.5 Å². The van der Waals surface area contributed by atoms with Crippen LogP contribution in [0.25, 0.3) is 16.6 Å². The predicted molar refractivity (Wildman–Crippen MR) is 108 cm³/mol. The first-order chi connectivity index (χ1) is 14.4. The minimum absolute atomic E-state index is 0.00520. The smallest absolute Gasteiger partial charge is 0.339 e. The van der Waals surface area contributed by atoms with Gasteiger partial charge in [-0.2, -0.15) is 0 Å². The number of methoxy groups -OCH3 is 2. The quantitative estimate of drug-likeness (QED) is 0.590. The number of hydrogen-bond donors (Lipinski definition) is 0. The number of benzene rings is 1. The molecule has 1 aliphatic rings. The van der Waals surface area contributed by atoms with E-state index in [9.17, 15) is 18.0 Å². The minimum atomic E-state index is -4.00. The molecule has 0 fully saturated rings. The summed E-state index contributed by atoms with van der Waals surface area (Å²) in [5.74, 6) is -1.40. The van der Waals surface area contributed by atoms with Gasteiger partial charge in [0.05, 0.1) is 30.3 Å². The summed E-state index contributed by atoms with van der Waals surface area (Å²) in [7, 11) is -1.57. The predicted octanol–water partition coefficient (Wildman–Crippen LogP) is 2.32. The number of hydrogen-bond acceptors (Lipinski definition) is 7. The molecule has 30 heavy (non-hydrogen) atoms. The van der Waals surface area contributed by atoms with Gasteiger partial charge in [0.15, 0.2) is 5.65 Å². The molecule has 4 rings (SSSR count). The van der Waals surface area contributed by atoms with Crippen molar-refractivity contribution in [1.29, 1.82) is 0 Å². The minimum Gasteiger partial charge on any atom is -0.466 e. The number of ether oxygens (including phenoxy) is 2. The lowest BCUT2D eigenvalue weighted by Gasteiger charge is -2.20. The first-order valence-electron chi connectivity index (χ1n) is 9.11. The fourth-order valence-electron chi connectivity index (χ4n) is 3.77. The third-order valence-electron chi connectivity index (χ3n) is 5.05. The van der Waals surface area contributed by atoms with Gasteiger partial charge >= 0.3 is 11.9 Å². The summed E-state index contributed by atoms with van der Waals surface area (Å²) in [5.41, 5.74) is 1.04. The summed E-state index contributed by atoms with van der Waals surface area (Å²) in [6.45, 7) is 0. The van der Waals surface area contributed by atoms with Crippen molar-refractivity contribution in [2.24, 2.45) is 0 Å². The topological polar surface area (TPSA) is 105 Å². The molecule has 9 heteroatoms. The van der Waals surface area contributed by atoms with Crippen molar-refractivity contribution in [2.75, 3.05) is 14.2 Å². The highest BCUT2D eigenvalue weighted by atomic mass is 32.2. The highest BCUT2D eigenvalue weighted by Crippen LogP contribution is 2.40. The van der Waals surface area contributed by atoms with Gasteiger partial charge in [0.1, 0.15) is 0 Å². The summed E-state index contributed by atoms with van der Waals surface area (Å²) < 4.78 is 37.9. The van der Waals surface area contributed by atoms with E-state index < -0.39 is 22.0 Å². The molecule has 0 saturated carbocycles. The number of carbonyl (C=O) groups excluding carboxylic acids is 2. The van der Waals surface area contributed by atoms with E-state index in [1.165, 1.54) is 32.5 Å². The molecular formula is C21H18N2O6S. The van der Waals surface area contributed by atoms with E-state index in [0.717, 1.165) is 3.97 Å². The van der Waals surface area contributed by atoms with Crippen molar-refractivity contribution in [3.8, 4) is 0 Å². The van der Waals surface area contributed by atoms with Crippen LogP contribution in [0.4, 0.5) is 0 Å². The molecule has 3 aromatic rings. The van der Waals surface area contributed by atoms with Gasteiger partial charge < -0.3 is 9.47 Å². The molecule has 2 heterocycles. The number of esters is 2. The number of carbonyl (C=O) groups is 2. The van der Waals surface area contributed by atoms with Gasteiger partial charge in [0, 0.05) is 22.8 Å². The Morgan fingerprint density at radius 1 is 0.967 bits per heavy atom. The SMILES string of the molecule is COC(=O)C1=C(C(=O)OC)c2c(n(S(=O)(=O)c3ccccc3)c3ncccc23)CC1. The van der Waals surface area contributed by atoms with Crippen molar-refractivity contribution in [3.63, 3.8) is 0 Å². The Morgan fingerprint density at radius 2 is 1.67 bits per heavy atom. The number of rotatable bonds is 4. The molecular weight excluding hydrogens is 408 g/mol. The van der Waals surface area contributed by atoms with Gasteiger partial charge in [-0.25, -0.2) is 27.0 Å². The molecule has 1 aromatic carbocycles. The van der Waals surface area contributed by atoms with E-state index in [-0.39, 0.29) is 34.5 Å². The van der Waals surface area contributed by atoms with Crippen LogP contribution >= 0.6 is 0 Å². The highest BCUT2D eigenvalue weighted by Gasteiger charge is 2.37. The molecule has 0 saturated heterocycles. The fraction of sp³-hybridized carbons (Fsp3) is 0.190. The fourth-order valence-corrected chi connectivity index (χ4v) is 5.33. The zero-order valence-corrected chi connectivity index (χ0v) is 17.1. The van der Waals surface area contributed by atoms with Gasteiger partial charge in [0.2, 0.25) is 0 Å². The molecule has 0 radical (unpaired) electrons. The molecule has 2 aromatic heterocycles. The maximum absolute atomic E-state index is 13.5. The zero-order valence-electron chi connectivity index (χ0n) is 16.3. The van der Waals surface area contributed by atoms with Crippen LogP contribution in [0.15, 0.2) is 59.1 Å². The Hall–Kier alpha value is -3.46. The van der Waals surface area contributed by atoms with Crippen molar-refractivity contribution in [1.82, 2.24) is 8.96 Å². The molecule has 0 N–H and O–H groups in total. The normalized spacial score (nSPS) is 13.8. The zero-order chi connectivity index (χ0) is 21.5. The molecule has 0 spiro atoms. The molecule has 154 valence electrons. The number of aromatic nitrogens is 2. The Morgan fingerprint density at radius 3 is 2.33 bits per heavy atom. The Balaban J connectivity index is 2.12. The second kappa shape index (κ2) is 7.42. The summed E-state index contributed by atoms with van der Waals surface area (Å²) >= 11 is 0. The molecule has 0 amide bonds. The molecule has 0 bridgehead atoms. The lowest BCUT2D eigenvalue weighted by Crippen LogP contribution is -2.22. The lowest BCUT2D eigenvalue weighted by molar-refractivity contribution is -0.138. The van der Waals surface area contributed by atoms with Crippen LogP contribution in [0.5, 0.6) is 0 Å². The van der Waals surface area contributed by atoms with E-state index >= 15 is 0 Å². The average molecular weight is 426 g/mol. The largest absolute Gasteiger partial charge is 0.466 e. The van der Waals surface area contributed by atoms with Crippen molar-refractivity contribution >= 4 is 38.6 Å². The van der Waals surface area contributed by atoms with Crippen LogP contribution in [0.3, 0.4) is 0 Å². The van der Waals surface area contributed by atoms with Crippen LogP contribution < -0.4 is 0 Å². The second-order valence-electron chi connectivity index (χ2n) is 6.62. The Labute approximate surface area is 172 Å². The van der Waals surface area contributed by atoms with Gasteiger partial charge in [0.25, 0.3) is 10.0 Å². The molecule has 8 nitrogen and oxygen atoms in total. The Bertz CT molecular complexity index is 1310. The summed E-state index contributed by atoms with van der Waals surface area (Å²) in [4.78, 5) is 29.4. The van der Waals surface area contributed by atoms with Crippen molar-refractivity contribution in [3.05, 3.63) is 65.5 Å². The number of fused-ring (bicyclic) bond motifs is 3. The van der Waals surface area contributed by atoms with Gasteiger partial charge in [-0.15, -0.1) is 0 Å². The van der Waals surface area contributed by atoms with Crippen LogP contribution in [0.1, 0.15) is 17.7 Å². The van der Waals surface area contributed by atoms with E-state index in [4.69, 9.17) is 9.47 Å². The second-order valence-corrected chi connectivity index (χ2v) is 8.40. The monoisotopic (exact) mass is 426 g/mol. The van der Waals surface area contributed by atoms with E-state index in [2.05, 4.69) is 4.98 Å². The van der Waals surface area contributed by atoms with Crippen molar-refractivity contribution < 1.29 is 27.5 Å². The van der Waals surface area contributed by atoms with Crippen LogP contribution in [-0.2, 0) is 35.5 Å². The Kier molecular flexibility index (Phi) is 4.90. The maximum Gasteiger partial charge on any atom is 0.339 e. The van der Waals surface area contributed by atoms with E-state index in [1.807, 2.05) is 0 Å². The van der Waals surface area contributed by atoms with Gasteiger partial charge in [-0.1, -0.05) is 18.2 Å². The first-order valence-corrected chi connectivity index (χ1v) is 10.5. The van der Waals surface area contributed by atoms with E-state index in [1.54, 1.807) is 30.3 Å². The van der Waals surface area contributed by atoms with Gasteiger partial charge in [-0.05, 0) is 37.1 Å². The number of nitrogens with zero attached hydrogens (tertiary/aromatic N) is 2.